The number of carboxylic acids is 1. The van der Waals surface area contributed by atoms with Gasteiger partial charge in [0.2, 0.25) is 0 Å². The highest BCUT2D eigenvalue weighted by atomic mass is 16.4. The largest absolute Gasteiger partial charge is 0.481 e. The lowest BCUT2D eigenvalue weighted by molar-refractivity contribution is -0.138. The Hall–Kier alpha value is -1.39. The summed E-state index contributed by atoms with van der Waals surface area (Å²) in [7, 11) is 3.95. The average Bonchev–Trinajstić information content (AvgIpc) is 2.17. The summed E-state index contributed by atoms with van der Waals surface area (Å²) in [5.74, 6) is -1.48. The molecule has 0 aromatic heterocycles. The number of hydrogen-bond donors (Lipinski definition) is 2. The van der Waals surface area contributed by atoms with Crippen molar-refractivity contribution in [2.24, 2.45) is 5.73 Å². The van der Waals surface area contributed by atoms with Crippen LogP contribution in [0.1, 0.15) is 17.0 Å². The highest BCUT2D eigenvalue weighted by Crippen LogP contribution is 2.17. The first-order valence-electron chi connectivity index (χ1n) is 5.21. The van der Waals surface area contributed by atoms with Crippen LogP contribution in [0, 0.1) is 0 Å². The van der Waals surface area contributed by atoms with Gasteiger partial charge in [-0.05, 0) is 25.2 Å². The molecule has 0 fully saturated rings. The Kier molecular flexibility index (Phi) is 4.46. The van der Waals surface area contributed by atoms with Gasteiger partial charge in [-0.2, -0.15) is 0 Å². The molecule has 4 heteroatoms. The van der Waals surface area contributed by atoms with E-state index in [4.69, 9.17) is 10.8 Å². The van der Waals surface area contributed by atoms with Crippen LogP contribution >= 0.6 is 0 Å². The van der Waals surface area contributed by atoms with Gasteiger partial charge in [0.05, 0.1) is 5.92 Å². The van der Waals surface area contributed by atoms with E-state index in [1.165, 1.54) is 0 Å². The van der Waals surface area contributed by atoms with Gasteiger partial charge in [-0.15, -0.1) is 0 Å². The number of rotatable bonds is 5. The minimum absolute atomic E-state index is 0.126. The molecular weight excluding hydrogens is 204 g/mol. The van der Waals surface area contributed by atoms with Crippen LogP contribution < -0.4 is 5.73 Å². The van der Waals surface area contributed by atoms with Crippen molar-refractivity contribution in [1.82, 2.24) is 4.90 Å². The van der Waals surface area contributed by atoms with Crippen LogP contribution in [-0.4, -0.2) is 36.6 Å². The van der Waals surface area contributed by atoms with Crippen molar-refractivity contribution in [2.45, 2.75) is 12.5 Å². The second kappa shape index (κ2) is 5.63. The van der Waals surface area contributed by atoms with E-state index in [1.54, 1.807) is 0 Å². The normalized spacial score (nSPS) is 12.8. The molecule has 88 valence electrons. The summed E-state index contributed by atoms with van der Waals surface area (Å²) in [6, 6.07) is 7.58. The molecule has 4 nitrogen and oxygen atoms in total. The van der Waals surface area contributed by atoms with Crippen LogP contribution in [0.25, 0.3) is 0 Å². The molecule has 1 rings (SSSR count). The fourth-order valence-corrected chi connectivity index (χ4v) is 1.65. The topological polar surface area (TPSA) is 66.6 Å². The van der Waals surface area contributed by atoms with Gasteiger partial charge in [0.1, 0.15) is 0 Å². The lowest BCUT2D eigenvalue weighted by atomic mass is 9.97. The van der Waals surface area contributed by atoms with E-state index in [2.05, 4.69) is 0 Å². The van der Waals surface area contributed by atoms with Crippen molar-refractivity contribution in [3.8, 4) is 0 Å². The zero-order chi connectivity index (χ0) is 12.1. The molecular formula is C12H18N2O2. The molecule has 0 aliphatic rings. The quantitative estimate of drug-likeness (QED) is 0.776. The maximum Gasteiger partial charge on any atom is 0.312 e. The number of nitrogens with zero attached hydrogens (tertiary/aromatic N) is 1. The highest BCUT2D eigenvalue weighted by Gasteiger charge is 2.17. The number of nitrogens with two attached hydrogens (primary N) is 1. The fraction of sp³-hybridized carbons (Fsp3) is 0.417. The Bertz CT molecular complexity index is 364. The first kappa shape index (κ1) is 12.7. The van der Waals surface area contributed by atoms with E-state index in [1.807, 2.05) is 43.3 Å². The van der Waals surface area contributed by atoms with Gasteiger partial charge in [0.15, 0.2) is 0 Å². The lowest BCUT2D eigenvalue weighted by Gasteiger charge is -2.14. The minimum atomic E-state index is -0.871. The lowest BCUT2D eigenvalue weighted by Crippen LogP contribution is -2.21. The standard InChI is InChI=1S/C12H18N2O2/c1-14(2)8-9-4-3-5-10(6-9)11(7-13)12(15)16/h3-6,11H,7-8,13H2,1-2H3,(H,15,16). The molecule has 3 N–H and O–H groups in total. The van der Waals surface area contributed by atoms with Crippen LogP contribution in [0.3, 0.4) is 0 Å². The molecule has 0 aliphatic carbocycles. The summed E-state index contributed by atoms with van der Waals surface area (Å²) in [6.07, 6.45) is 0. The third-order valence-electron chi connectivity index (χ3n) is 2.39. The summed E-state index contributed by atoms with van der Waals surface area (Å²) >= 11 is 0. The molecule has 0 amide bonds. The van der Waals surface area contributed by atoms with E-state index in [0.29, 0.717) is 0 Å². The van der Waals surface area contributed by atoms with Crippen LogP contribution in [-0.2, 0) is 11.3 Å². The molecule has 16 heavy (non-hydrogen) atoms. The van der Waals surface area contributed by atoms with Crippen LogP contribution in [0.15, 0.2) is 24.3 Å². The maximum absolute atomic E-state index is 11.0. The Morgan fingerprint density at radius 1 is 1.50 bits per heavy atom. The summed E-state index contributed by atoms with van der Waals surface area (Å²) in [4.78, 5) is 13.0. The number of hydrogen-bond acceptors (Lipinski definition) is 3. The van der Waals surface area contributed by atoms with Crippen molar-refractivity contribution in [1.29, 1.82) is 0 Å². The Morgan fingerprint density at radius 3 is 2.69 bits per heavy atom. The SMILES string of the molecule is CN(C)Cc1cccc(C(CN)C(=O)O)c1. The maximum atomic E-state index is 11.0. The summed E-state index contributed by atoms with van der Waals surface area (Å²) in [6.45, 7) is 0.922. The Morgan fingerprint density at radius 2 is 2.19 bits per heavy atom. The predicted molar refractivity (Wildman–Crippen MR) is 63.3 cm³/mol. The zero-order valence-corrected chi connectivity index (χ0v) is 9.68. The van der Waals surface area contributed by atoms with Crippen molar-refractivity contribution >= 4 is 5.97 Å². The summed E-state index contributed by atoms with van der Waals surface area (Å²) in [5, 5.41) is 9.01. The van der Waals surface area contributed by atoms with Gasteiger partial charge in [-0.3, -0.25) is 4.79 Å². The summed E-state index contributed by atoms with van der Waals surface area (Å²) in [5.41, 5.74) is 7.34. The van der Waals surface area contributed by atoms with Gasteiger partial charge in [0.25, 0.3) is 0 Å². The van der Waals surface area contributed by atoms with E-state index < -0.39 is 11.9 Å². The molecule has 0 radical (unpaired) electrons. The van der Waals surface area contributed by atoms with Crippen molar-refractivity contribution in [2.75, 3.05) is 20.6 Å². The smallest absolute Gasteiger partial charge is 0.312 e. The number of benzene rings is 1. The van der Waals surface area contributed by atoms with Crippen molar-refractivity contribution in [3.05, 3.63) is 35.4 Å². The van der Waals surface area contributed by atoms with Gasteiger partial charge < -0.3 is 15.7 Å². The predicted octanol–water partition coefficient (Wildman–Crippen LogP) is 0.875. The first-order valence-corrected chi connectivity index (χ1v) is 5.21. The Balaban J connectivity index is 2.92. The first-order chi connectivity index (χ1) is 7.54. The van der Waals surface area contributed by atoms with Gasteiger partial charge >= 0.3 is 5.97 Å². The van der Waals surface area contributed by atoms with E-state index in [9.17, 15) is 4.79 Å². The van der Waals surface area contributed by atoms with E-state index in [-0.39, 0.29) is 6.54 Å². The minimum Gasteiger partial charge on any atom is -0.481 e. The van der Waals surface area contributed by atoms with Crippen LogP contribution in [0.4, 0.5) is 0 Å². The van der Waals surface area contributed by atoms with Gasteiger partial charge in [-0.25, -0.2) is 0 Å². The average molecular weight is 222 g/mol. The molecule has 0 heterocycles. The number of aliphatic carboxylic acids is 1. The molecule has 0 spiro atoms. The van der Waals surface area contributed by atoms with Gasteiger partial charge in [0, 0.05) is 13.1 Å². The molecule has 1 unspecified atom stereocenters. The second-order valence-corrected chi connectivity index (χ2v) is 4.11. The third kappa shape index (κ3) is 3.32. The second-order valence-electron chi connectivity index (χ2n) is 4.11. The summed E-state index contributed by atoms with van der Waals surface area (Å²) < 4.78 is 0. The molecule has 1 aromatic rings. The van der Waals surface area contributed by atoms with Crippen LogP contribution in [0.5, 0.6) is 0 Å². The van der Waals surface area contributed by atoms with E-state index in [0.717, 1.165) is 17.7 Å². The molecule has 0 saturated carbocycles. The molecule has 0 bridgehead atoms. The third-order valence-corrected chi connectivity index (χ3v) is 2.39. The van der Waals surface area contributed by atoms with Crippen molar-refractivity contribution in [3.63, 3.8) is 0 Å². The van der Waals surface area contributed by atoms with Crippen LogP contribution in [0.2, 0.25) is 0 Å². The van der Waals surface area contributed by atoms with Crippen molar-refractivity contribution < 1.29 is 9.90 Å². The fourth-order valence-electron chi connectivity index (χ4n) is 1.65. The molecule has 1 atom stereocenters. The molecule has 0 saturated heterocycles. The van der Waals surface area contributed by atoms with Gasteiger partial charge in [-0.1, -0.05) is 24.3 Å². The molecule has 0 aliphatic heterocycles. The monoisotopic (exact) mass is 222 g/mol. The number of carboxylic acid groups (broad SMARTS) is 1. The highest BCUT2D eigenvalue weighted by molar-refractivity contribution is 5.76. The number of carbonyl (C=O) groups is 1. The van der Waals surface area contributed by atoms with E-state index >= 15 is 0 Å². The Labute approximate surface area is 95.7 Å². The zero-order valence-electron chi connectivity index (χ0n) is 9.68. The molecule has 1 aromatic carbocycles.